The number of carboxylic acids is 1. The lowest BCUT2D eigenvalue weighted by Gasteiger charge is -2.28. The van der Waals surface area contributed by atoms with E-state index in [0.29, 0.717) is 23.7 Å². The highest BCUT2D eigenvalue weighted by atomic mass is 16.5. The minimum atomic E-state index is -0.873. The first-order valence-electron chi connectivity index (χ1n) is 5.76. The molecular formula is C13H19NO4. The van der Waals surface area contributed by atoms with Gasteiger partial charge in [0.2, 0.25) is 0 Å². The number of likely N-dealkylation sites (N-methyl/N-ethyl adjacent to an activating group) is 1. The Balaban J connectivity index is 3.21. The van der Waals surface area contributed by atoms with E-state index in [-0.39, 0.29) is 0 Å². The molecule has 5 nitrogen and oxygen atoms in total. The molecular weight excluding hydrogens is 234 g/mol. The van der Waals surface area contributed by atoms with Gasteiger partial charge in [-0.25, -0.2) is 4.79 Å². The number of benzene rings is 1. The highest BCUT2D eigenvalue weighted by molar-refractivity contribution is 5.79. The Labute approximate surface area is 107 Å². The molecule has 1 atom stereocenters. The lowest BCUT2D eigenvalue weighted by Crippen LogP contribution is -2.39. The monoisotopic (exact) mass is 253 g/mol. The summed E-state index contributed by atoms with van der Waals surface area (Å²) in [6.45, 7) is 4.11. The third-order valence-corrected chi connectivity index (χ3v) is 2.86. The molecule has 1 rings (SSSR count). The van der Waals surface area contributed by atoms with Gasteiger partial charge in [-0.15, -0.1) is 0 Å². The summed E-state index contributed by atoms with van der Waals surface area (Å²) in [7, 11) is 3.13. The van der Waals surface area contributed by atoms with Crippen molar-refractivity contribution in [3.63, 3.8) is 0 Å². The van der Waals surface area contributed by atoms with E-state index in [0.717, 1.165) is 0 Å². The van der Waals surface area contributed by atoms with E-state index in [1.165, 1.54) is 0 Å². The van der Waals surface area contributed by atoms with E-state index in [1.807, 2.05) is 6.92 Å². The lowest BCUT2D eigenvalue weighted by atomic mass is 10.2. The number of nitrogens with zero attached hydrogens (tertiary/aromatic N) is 1. The van der Waals surface area contributed by atoms with Crippen molar-refractivity contribution in [1.29, 1.82) is 0 Å². The maximum Gasteiger partial charge on any atom is 0.326 e. The van der Waals surface area contributed by atoms with Crippen molar-refractivity contribution in [3.05, 3.63) is 18.2 Å². The molecule has 0 amide bonds. The van der Waals surface area contributed by atoms with Crippen LogP contribution in [0.5, 0.6) is 11.5 Å². The van der Waals surface area contributed by atoms with Crippen molar-refractivity contribution in [3.8, 4) is 11.5 Å². The molecule has 0 fully saturated rings. The summed E-state index contributed by atoms with van der Waals surface area (Å²) in [5, 5.41) is 9.12. The Hall–Kier alpha value is -1.91. The van der Waals surface area contributed by atoms with E-state index in [2.05, 4.69) is 0 Å². The predicted molar refractivity (Wildman–Crippen MR) is 69.7 cm³/mol. The van der Waals surface area contributed by atoms with Gasteiger partial charge in [0.15, 0.2) is 0 Å². The highest BCUT2D eigenvalue weighted by Crippen LogP contribution is 2.33. The van der Waals surface area contributed by atoms with Crippen LogP contribution in [0.1, 0.15) is 13.8 Å². The van der Waals surface area contributed by atoms with Crippen LogP contribution in [0.25, 0.3) is 0 Å². The van der Waals surface area contributed by atoms with Crippen LogP contribution >= 0.6 is 0 Å². The summed E-state index contributed by atoms with van der Waals surface area (Å²) in [6, 6.07) is 4.70. The van der Waals surface area contributed by atoms with Crippen LogP contribution < -0.4 is 14.4 Å². The van der Waals surface area contributed by atoms with Crippen LogP contribution in [0.15, 0.2) is 18.2 Å². The number of carbonyl (C=O) groups is 1. The fourth-order valence-corrected chi connectivity index (χ4v) is 1.81. The minimum absolute atomic E-state index is 0.566. The summed E-state index contributed by atoms with van der Waals surface area (Å²) in [5.41, 5.74) is 0.717. The van der Waals surface area contributed by atoms with Gasteiger partial charge in [-0.05, 0) is 26.0 Å². The van der Waals surface area contributed by atoms with Gasteiger partial charge < -0.3 is 19.5 Å². The zero-order valence-electron chi connectivity index (χ0n) is 11.1. The van der Waals surface area contributed by atoms with E-state index in [4.69, 9.17) is 14.6 Å². The number of aliphatic carboxylic acids is 1. The number of anilines is 1. The van der Waals surface area contributed by atoms with E-state index in [1.54, 1.807) is 44.2 Å². The van der Waals surface area contributed by atoms with Crippen molar-refractivity contribution >= 4 is 11.7 Å². The molecule has 1 N–H and O–H groups in total. The Morgan fingerprint density at radius 2 is 2.06 bits per heavy atom. The fraction of sp³-hybridized carbons (Fsp3) is 0.462. The highest BCUT2D eigenvalue weighted by Gasteiger charge is 2.22. The van der Waals surface area contributed by atoms with Crippen LogP contribution in [0, 0.1) is 0 Å². The zero-order valence-corrected chi connectivity index (χ0v) is 11.1. The largest absolute Gasteiger partial charge is 0.497 e. The number of hydrogen-bond acceptors (Lipinski definition) is 4. The molecule has 0 saturated carbocycles. The summed E-state index contributed by atoms with van der Waals surface area (Å²) in [5.74, 6) is 0.425. The standard InChI is InChI=1S/C13H19NO4/c1-5-14(9(2)13(15)16)11-8-10(17-3)6-7-12(11)18-4/h6-9H,5H2,1-4H3,(H,15,16)/t9-/m1/s1. The van der Waals surface area contributed by atoms with Gasteiger partial charge in [0.05, 0.1) is 19.9 Å². The molecule has 1 aromatic rings. The SMILES string of the molecule is CCN(c1cc(OC)ccc1OC)[C@H](C)C(=O)O. The molecule has 0 spiro atoms. The van der Waals surface area contributed by atoms with Crippen molar-refractivity contribution in [2.45, 2.75) is 19.9 Å². The van der Waals surface area contributed by atoms with Gasteiger partial charge >= 0.3 is 5.97 Å². The van der Waals surface area contributed by atoms with Crippen LogP contribution in [-0.2, 0) is 4.79 Å². The van der Waals surface area contributed by atoms with Crippen LogP contribution in [0.2, 0.25) is 0 Å². The Kier molecular flexibility index (Phi) is 4.83. The van der Waals surface area contributed by atoms with E-state index in [9.17, 15) is 4.79 Å². The average molecular weight is 253 g/mol. The number of carboxylic acid groups (broad SMARTS) is 1. The van der Waals surface area contributed by atoms with E-state index >= 15 is 0 Å². The number of rotatable bonds is 6. The van der Waals surface area contributed by atoms with Crippen molar-refractivity contribution < 1.29 is 19.4 Å². The smallest absolute Gasteiger partial charge is 0.326 e. The Morgan fingerprint density at radius 3 is 2.50 bits per heavy atom. The van der Waals surface area contributed by atoms with Crippen molar-refractivity contribution in [2.24, 2.45) is 0 Å². The Bertz CT molecular complexity index is 419. The lowest BCUT2D eigenvalue weighted by molar-refractivity contribution is -0.138. The van der Waals surface area contributed by atoms with Crippen LogP contribution in [0.3, 0.4) is 0 Å². The van der Waals surface area contributed by atoms with Gasteiger partial charge in [-0.3, -0.25) is 0 Å². The van der Waals surface area contributed by atoms with Crippen molar-refractivity contribution in [2.75, 3.05) is 25.7 Å². The summed E-state index contributed by atoms with van der Waals surface area (Å²) in [6.07, 6.45) is 0. The molecule has 0 radical (unpaired) electrons. The zero-order chi connectivity index (χ0) is 13.7. The number of ether oxygens (including phenoxy) is 2. The third-order valence-electron chi connectivity index (χ3n) is 2.86. The summed E-state index contributed by atoms with van der Waals surface area (Å²) < 4.78 is 10.4. The van der Waals surface area contributed by atoms with Crippen LogP contribution in [0.4, 0.5) is 5.69 Å². The first-order valence-corrected chi connectivity index (χ1v) is 5.76. The topological polar surface area (TPSA) is 59.0 Å². The first kappa shape index (κ1) is 14.2. The number of hydrogen-bond donors (Lipinski definition) is 1. The fourth-order valence-electron chi connectivity index (χ4n) is 1.81. The Morgan fingerprint density at radius 1 is 1.39 bits per heavy atom. The molecule has 0 bridgehead atoms. The van der Waals surface area contributed by atoms with Crippen molar-refractivity contribution in [1.82, 2.24) is 0 Å². The average Bonchev–Trinajstić information content (AvgIpc) is 2.39. The molecule has 1 aromatic carbocycles. The third kappa shape index (κ3) is 2.85. The van der Waals surface area contributed by atoms with Crippen LogP contribution in [-0.4, -0.2) is 37.9 Å². The number of methoxy groups -OCH3 is 2. The molecule has 100 valence electrons. The molecule has 0 heterocycles. The van der Waals surface area contributed by atoms with Gasteiger partial charge in [0, 0.05) is 12.6 Å². The molecule has 0 aliphatic rings. The van der Waals surface area contributed by atoms with Gasteiger partial charge in [0.25, 0.3) is 0 Å². The summed E-state index contributed by atoms with van der Waals surface area (Å²) >= 11 is 0. The predicted octanol–water partition coefficient (Wildman–Crippen LogP) is 2.00. The molecule has 0 aliphatic heterocycles. The second-order valence-electron chi connectivity index (χ2n) is 3.84. The summed E-state index contributed by atoms with van der Waals surface area (Å²) in [4.78, 5) is 12.9. The molecule has 5 heteroatoms. The second kappa shape index (κ2) is 6.14. The maximum absolute atomic E-state index is 11.1. The molecule has 0 saturated heterocycles. The van der Waals surface area contributed by atoms with Gasteiger partial charge in [-0.2, -0.15) is 0 Å². The normalized spacial score (nSPS) is 11.8. The first-order chi connectivity index (χ1) is 8.54. The maximum atomic E-state index is 11.1. The minimum Gasteiger partial charge on any atom is -0.497 e. The molecule has 18 heavy (non-hydrogen) atoms. The molecule has 0 aromatic heterocycles. The van der Waals surface area contributed by atoms with E-state index < -0.39 is 12.0 Å². The quantitative estimate of drug-likeness (QED) is 0.840. The second-order valence-corrected chi connectivity index (χ2v) is 3.84. The van der Waals surface area contributed by atoms with Gasteiger partial charge in [-0.1, -0.05) is 0 Å². The van der Waals surface area contributed by atoms with Gasteiger partial charge in [0.1, 0.15) is 17.5 Å². The molecule has 0 unspecified atom stereocenters. The molecule has 0 aliphatic carbocycles.